The van der Waals surface area contributed by atoms with E-state index in [9.17, 15) is 5.11 Å². The third-order valence-electron chi connectivity index (χ3n) is 9.73. The minimum absolute atomic E-state index is 0.417. The Labute approximate surface area is 211 Å². The van der Waals surface area contributed by atoms with E-state index >= 15 is 0 Å². The zero-order chi connectivity index (χ0) is 24.7. The molecule has 0 aliphatic heterocycles. The van der Waals surface area contributed by atoms with Crippen molar-refractivity contribution < 1.29 is 14.6 Å². The van der Waals surface area contributed by atoms with Gasteiger partial charge in [-0.05, 0) is 117 Å². The highest BCUT2D eigenvalue weighted by Crippen LogP contribution is 2.64. The Morgan fingerprint density at radius 2 is 1.91 bits per heavy atom. The topological polar surface area (TPSA) is 41.9 Å². The van der Waals surface area contributed by atoms with Crippen LogP contribution in [0, 0.1) is 29.1 Å². The summed E-state index contributed by atoms with van der Waals surface area (Å²) in [5.74, 6) is 5.88. The van der Waals surface area contributed by atoms with Gasteiger partial charge in [0.05, 0.1) is 13.7 Å². The standard InChI is InChI=1S/C31H43NO3/c1-20-16-22-17-24(33)8-10-26(22)27-12-14-31(2)23(7-11-28(31)30(20)27)13-15-35-25-9-6-21(19-32(3)4)29(18-25)34-5/h6,8-10,17-18,20,23,27-28,30,33H,7,11-16,19H2,1-5H3/t20-,23-,27-,28+,30-,31-/m1/s1. The molecule has 2 aromatic carbocycles. The minimum Gasteiger partial charge on any atom is -0.508 e. The van der Waals surface area contributed by atoms with E-state index in [0.717, 1.165) is 55.2 Å². The van der Waals surface area contributed by atoms with Crippen LogP contribution in [-0.2, 0) is 13.0 Å². The van der Waals surface area contributed by atoms with Crippen molar-refractivity contribution in [3.05, 3.63) is 53.1 Å². The van der Waals surface area contributed by atoms with Crippen LogP contribution in [0.1, 0.15) is 68.6 Å². The van der Waals surface area contributed by atoms with E-state index in [1.54, 1.807) is 7.11 Å². The number of benzene rings is 2. The summed E-state index contributed by atoms with van der Waals surface area (Å²) in [6.07, 6.45) is 7.51. The van der Waals surface area contributed by atoms with Crippen LogP contribution in [0.2, 0.25) is 0 Å². The molecule has 0 heterocycles. The maximum absolute atomic E-state index is 10.0. The van der Waals surface area contributed by atoms with E-state index in [0.29, 0.717) is 23.0 Å². The number of hydrogen-bond donors (Lipinski definition) is 1. The Morgan fingerprint density at radius 3 is 2.69 bits per heavy atom. The van der Waals surface area contributed by atoms with Gasteiger partial charge in [-0.25, -0.2) is 0 Å². The van der Waals surface area contributed by atoms with Crippen molar-refractivity contribution in [2.45, 2.75) is 64.8 Å². The summed E-state index contributed by atoms with van der Waals surface area (Å²) in [5.41, 5.74) is 4.51. The maximum Gasteiger partial charge on any atom is 0.127 e. The van der Waals surface area contributed by atoms with Crippen LogP contribution in [-0.4, -0.2) is 37.8 Å². The van der Waals surface area contributed by atoms with Crippen molar-refractivity contribution in [1.82, 2.24) is 4.90 Å². The summed E-state index contributed by atoms with van der Waals surface area (Å²) in [6.45, 7) is 6.68. The van der Waals surface area contributed by atoms with E-state index in [1.807, 2.05) is 18.2 Å². The number of phenols is 1. The van der Waals surface area contributed by atoms with Gasteiger partial charge in [-0.2, -0.15) is 0 Å². The van der Waals surface area contributed by atoms with Crippen molar-refractivity contribution in [1.29, 1.82) is 0 Å². The number of fused-ring (bicyclic) bond motifs is 5. The van der Waals surface area contributed by atoms with Gasteiger partial charge in [-0.1, -0.05) is 26.0 Å². The molecule has 4 heteroatoms. The van der Waals surface area contributed by atoms with Gasteiger partial charge in [-0.15, -0.1) is 0 Å². The molecule has 35 heavy (non-hydrogen) atoms. The predicted molar refractivity (Wildman–Crippen MR) is 141 cm³/mol. The first kappa shape index (κ1) is 24.5. The van der Waals surface area contributed by atoms with Crippen molar-refractivity contribution in [3.63, 3.8) is 0 Å². The molecular weight excluding hydrogens is 434 g/mol. The molecule has 2 saturated carbocycles. The zero-order valence-electron chi connectivity index (χ0n) is 22.2. The summed E-state index contributed by atoms with van der Waals surface area (Å²) in [7, 11) is 5.89. The van der Waals surface area contributed by atoms with Crippen LogP contribution in [0.25, 0.3) is 0 Å². The molecule has 3 aliphatic rings. The first-order chi connectivity index (χ1) is 16.8. The molecule has 190 valence electrons. The van der Waals surface area contributed by atoms with Gasteiger partial charge in [0.25, 0.3) is 0 Å². The molecule has 5 rings (SSSR count). The summed E-state index contributed by atoms with van der Waals surface area (Å²) in [6, 6.07) is 12.4. The Balaban J connectivity index is 1.24. The Kier molecular flexibility index (Phi) is 6.78. The SMILES string of the molecule is COc1cc(OCC[C@H]2CC[C@H]3[C@@H]4[C@H](C)Cc5cc(O)ccc5[C@H]4CC[C@]23C)ccc1CN(C)C. The fraction of sp³-hybridized carbons (Fsp3) is 0.613. The number of rotatable bonds is 7. The quantitative estimate of drug-likeness (QED) is 0.485. The van der Waals surface area contributed by atoms with Gasteiger partial charge < -0.3 is 19.5 Å². The number of phenolic OH excluding ortho intramolecular Hbond substituents is 1. The Hall–Kier alpha value is -2.20. The first-order valence-electron chi connectivity index (χ1n) is 13.6. The van der Waals surface area contributed by atoms with Gasteiger partial charge in [0, 0.05) is 18.2 Å². The normalized spacial score (nSPS) is 31.5. The van der Waals surface area contributed by atoms with Gasteiger partial charge >= 0.3 is 0 Å². The third kappa shape index (κ3) is 4.55. The van der Waals surface area contributed by atoms with Crippen molar-refractivity contribution in [2.75, 3.05) is 27.8 Å². The number of hydrogen-bond acceptors (Lipinski definition) is 4. The van der Waals surface area contributed by atoms with Gasteiger partial charge in [0.2, 0.25) is 0 Å². The maximum atomic E-state index is 10.0. The molecule has 0 saturated heterocycles. The molecule has 1 N–H and O–H groups in total. The van der Waals surface area contributed by atoms with Gasteiger partial charge in [0.15, 0.2) is 0 Å². The molecule has 2 aromatic rings. The number of aromatic hydroxyl groups is 1. The molecule has 6 atom stereocenters. The Morgan fingerprint density at radius 1 is 1.09 bits per heavy atom. The van der Waals surface area contributed by atoms with Crippen molar-refractivity contribution in [3.8, 4) is 17.2 Å². The molecule has 0 bridgehead atoms. The second kappa shape index (κ2) is 9.69. The van der Waals surface area contributed by atoms with E-state index < -0.39 is 0 Å². The first-order valence-corrected chi connectivity index (χ1v) is 13.6. The molecule has 0 radical (unpaired) electrons. The monoisotopic (exact) mass is 477 g/mol. The van der Waals surface area contributed by atoms with Crippen LogP contribution in [0.4, 0.5) is 0 Å². The smallest absolute Gasteiger partial charge is 0.127 e. The molecule has 0 amide bonds. The van der Waals surface area contributed by atoms with Crippen LogP contribution >= 0.6 is 0 Å². The average molecular weight is 478 g/mol. The zero-order valence-corrected chi connectivity index (χ0v) is 22.2. The van der Waals surface area contributed by atoms with E-state index in [4.69, 9.17) is 9.47 Å². The van der Waals surface area contributed by atoms with Crippen LogP contribution in [0.15, 0.2) is 36.4 Å². The van der Waals surface area contributed by atoms with Gasteiger partial charge in [0.1, 0.15) is 17.2 Å². The second-order valence-corrected chi connectivity index (χ2v) is 12.0. The molecule has 0 aromatic heterocycles. The lowest BCUT2D eigenvalue weighted by Gasteiger charge is -2.53. The predicted octanol–water partition coefficient (Wildman–Crippen LogP) is 6.65. The third-order valence-corrected chi connectivity index (χ3v) is 9.73. The lowest BCUT2D eigenvalue weighted by molar-refractivity contribution is 0.000913. The molecule has 4 nitrogen and oxygen atoms in total. The molecular formula is C31H43NO3. The average Bonchev–Trinajstić information content (AvgIpc) is 3.15. The fourth-order valence-corrected chi connectivity index (χ4v) is 8.15. The summed E-state index contributed by atoms with van der Waals surface area (Å²) in [4.78, 5) is 2.15. The van der Waals surface area contributed by atoms with Crippen LogP contribution < -0.4 is 9.47 Å². The highest BCUT2D eigenvalue weighted by atomic mass is 16.5. The van der Waals surface area contributed by atoms with Crippen molar-refractivity contribution >= 4 is 0 Å². The summed E-state index contributed by atoms with van der Waals surface area (Å²) >= 11 is 0. The van der Waals surface area contributed by atoms with Gasteiger partial charge in [-0.3, -0.25) is 0 Å². The van der Waals surface area contributed by atoms with Crippen molar-refractivity contribution in [2.24, 2.45) is 29.1 Å². The largest absolute Gasteiger partial charge is 0.508 e. The fourth-order valence-electron chi connectivity index (χ4n) is 8.15. The highest BCUT2D eigenvalue weighted by Gasteiger charge is 2.55. The van der Waals surface area contributed by atoms with E-state index in [-0.39, 0.29) is 0 Å². The molecule has 0 unspecified atom stereocenters. The molecule has 3 aliphatic carbocycles. The minimum atomic E-state index is 0.417. The number of nitrogens with zero attached hydrogens (tertiary/aromatic N) is 1. The van der Waals surface area contributed by atoms with Crippen LogP contribution in [0.3, 0.4) is 0 Å². The lowest BCUT2D eigenvalue weighted by atomic mass is 9.51. The summed E-state index contributed by atoms with van der Waals surface area (Å²) < 4.78 is 11.9. The summed E-state index contributed by atoms with van der Waals surface area (Å²) in [5, 5.41) is 10.0. The molecule has 2 fully saturated rings. The van der Waals surface area contributed by atoms with Crippen LogP contribution in [0.5, 0.6) is 17.2 Å². The number of methoxy groups -OCH3 is 1. The second-order valence-electron chi connectivity index (χ2n) is 12.0. The Bertz CT molecular complexity index is 1050. The van der Waals surface area contributed by atoms with E-state index in [2.05, 4.69) is 51.0 Å². The number of ether oxygens (including phenoxy) is 2. The lowest BCUT2D eigenvalue weighted by Crippen LogP contribution is -2.45. The molecule has 0 spiro atoms. The van der Waals surface area contributed by atoms with E-state index in [1.165, 1.54) is 42.4 Å². The highest BCUT2D eigenvalue weighted by molar-refractivity contribution is 5.41.